The lowest BCUT2D eigenvalue weighted by atomic mass is 10.2. The summed E-state index contributed by atoms with van der Waals surface area (Å²) < 4.78 is 10.4. The summed E-state index contributed by atoms with van der Waals surface area (Å²) in [5.41, 5.74) is 0.831. The number of carbonyl (C=O) groups excluding carboxylic acids is 1. The van der Waals surface area contributed by atoms with E-state index in [9.17, 15) is 4.79 Å². The van der Waals surface area contributed by atoms with Crippen LogP contribution < -0.4 is 0 Å². The zero-order valence-corrected chi connectivity index (χ0v) is 12.4. The van der Waals surface area contributed by atoms with E-state index in [2.05, 4.69) is 9.97 Å². The van der Waals surface area contributed by atoms with Crippen molar-refractivity contribution < 1.29 is 13.9 Å². The summed E-state index contributed by atoms with van der Waals surface area (Å²) in [4.78, 5) is 20.9. The largest absolute Gasteiger partial charge is 0.465 e. The number of benzene rings is 1. The van der Waals surface area contributed by atoms with Crippen LogP contribution in [0.5, 0.6) is 0 Å². The number of ether oxygens (including phenoxy) is 1. The second-order valence-electron chi connectivity index (χ2n) is 4.91. The molecule has 2 aromatic heterocycles. The van der Waals surface area contributed by atoms with Crippen molar-refractivity contribution in [1.82, 2.24) is 9.97 Å². The predicted molar refractivity (Wildman–Crippen MR) is 82.5 cm³/mol. The number of fused-ring (bicyclic) bond motifs is 1. The third kappa shape index (κ3) is 2.35. The Morgan fingerprint density at radius 1 is 1.14 bits per heavy atom. The number of cyclic esters (lactones) is 1. The Kier molecular flexibility index (Phi) is 3.31. The van der Waals surface area contributed by atoms with Gasteiger partial charge in [-0.05, 0) is 18.2 Å². The van der Waals surface area contributed by atoms with Gasteiger partial charge in [0.05, 0.1) is 18.4 Å². The molecule has 3 aromatic rings. The zero-order valence-electron chi connectivity index (χ0n) is 11.6. The molecule has 1 aromatic carbocycles. The summed E-state index contributed by atoms with van der Waals surface area (Å²) in [7, 11) is 0. The molecule has 0 saturated carbocycles. The van der Waals surface area contributed by atoms with Gasteiger partial charge in [0.2, 0.25) is 0 Å². The van der Waals surface area contributed by atoms with E-state index in [4.69, 9.17) is 9.15 Å². The van der Waals surface area contributed by atoms with Crippen LogP contribution in [-0.4, -0.2) is 27.8 Å². The molecule has 22 heavy (non-hydrogen) atoms. The fraction of sp³-hybridized carbons (Fsp3) is 0.188. The van der Waals surface area contributed by atoms with Crippen LogP contribution in [0.4, 0.5) is 0 Å². The van der Waals surface area contributed by atoms with Gasteiger partial charge in [0.15, 0.2) is 11.6 Å². The minimum atomic E-state index is -0.206. The maximum Gasteiger partial charge on any atom is 0.319 e. The number of hydrogen-bond acceptors (Lipinski definition) is 6. The highest BCUT2D eigenvalue weighted by molar-refractivity contribution is 8.00. The lowest BCUT2D eigenvalue weighted by Crippen LogP contribution is -2.10. The Morgan fingerprint density at radius 2 is 2.05 bits per heavy atom. The highest BCUT2D eigenvalue weighted by atomic mass is 32.2. The van der Waals surface area contributed by atoms with Gasteiger partial charge in [-0.3, -0.25) is 4.79 Å². The Bertz CT molecular complexity index is 833. The Balaban J connectivity index is 1.82. The molecule has 1 aliphatic heterocycles. The smallest absolute Gasteiger partial charge is 0.319 e. The number of hydrogen-bond donors (Lipinski definition) is 0. The highest BCUT2D eigenvalue weighted by Gasteiger charge is 2.29. The molecular weight excluding hydrogens is 300 g/mol. The first-order valence-electron chi connectivity index (χ1n) is 6.95. The minimum absolute atomic E-state index is 0.174. The molecule has 0 unspecified atom stereocenters. The normalized spacial score (nSPS) is 17.8. The van der Waals surface area contributed by atoms with Crippen LogP contribution in [0.25, 0.3) is 22.5 Å². The van der Waals surface area contributed by atoms with E-state index in [1.54, 1.807) is 12.3 Å². The van der Waals surface area contributed by atoms with Gasteiger partial charge in [-0.15, -0.1) is 0 Å². The lowest BCUT2D eigenvalue weighted by Gasteiger charge is -2.09. The summed E-state index contributed by atoms with van der Waals surface area (Å²) in [6.07, 6.45) is 2.30. The zero-order chi connectivity index (χ0) is 14.9. The SMILES string of the molecule is O=C1OCC[C@H]1Sc1nc(-c2ccco2)nc2ccccc12. The molecule has 1 saturated heterocycles. The number of rotatable bonds is 3. The maximum atomic E-state index is 11.7. The fourth-order valence-electron chi connectivity index (χ4n) is 2.37. The second kappa shape index (κ2) is 5.46. The van der Waals surface area contributed by atoms with Crippen molar-refractivity contribution in [2.75, 3.05) is 6.61 Å². The van der Waals surface area contributed by atoms with E-state index < -0.39 is 0 Å². The van der Waals surface area contributed by atoms with Gasteiger partial charge in [0, 0.05) is 11.8 Å². The molecule has 4 rings (SSSR count). The van der Waals surface area contributed by atoms with Crippen LogP contribution >= 0.6 is 11.8 Å². The number of thioether (sulfide) groups is 1. The summed E-state index contributed by atoms with van der Waals surface area (Å²) >= 11 is 1.43. The van der Waals surface area contributed by atoms with Crippen LogP contribution in [0, 0.1) is 0 Å². The van der Waals surface area contributed by atoms with Crippen molar-refractivity contribution in [3.05, 3.63) is 42.7 Å². The molecule has 0 bridgehead atoms. The highest BCUT2D eigenvalue weighted by Crippen LogP contribution is 2.34. The quantitative estimate of drug-likeness (QED) is 0.546. The van der Waals surface area contributed by atoms with Gasteiger partial charge in [0.25, 0.3) is 0 Å². The van der Waals surface area contributed by atoms with Crippen molar-refractivity contribution in [3.63, 3.8) is 0 Å². The van der Waals surface area contributed by atoms with Gasteiger partial charge in [0.1, 0.15) is 10.3 Å². The molecule has 1 aliphatic rings. The first-order valence-corrected chi connectivity index (χ1v) is 7.83. The number of nitrogens with zero attached hydrogens (tertiary/aromatic N) is 2. The van der Waals surface area contributed by atoms with E-state index in [0.717, 1.165) is 15.9 Å². The van der Waals surface area contributed by atoms with Crippen LogP contribution in [0.3, 0.4) is 0 Å². The molecule has 1 fully saturated rings. The third-order valence-electron chi connectivity index (χ3n) is 3.45. The standard InChI is InChI=1S/C16H12N2O3S/c19-16-13(7-9-21-16)22-15-10-4-1-2-5-11(10)17-14(18-15)12-6-3-8-20-12/h1-6,8,13H,7,9H2/t13-/m1/s1. The van der Waals surface area contributed by atoms with E-state index in [0.29, 0.717) is 24.6 Å². The molecule has 0 aliphatic carbocycles. The molecule has 5 nitrogen and oxygen atoms in total. The molecule has 0 N–H and O–H groups in total. The van der Waals surface area contributed by atoms with Crippen LogP contribution in [0.15, 0.2) is 52.1 Å². The van der Waals surface area contributed by atoms with Crippen molar-refractivity contribution in [2.45, 2.75) is 16.7 Å². The van der Waals surface area contributed by atoms with Crippen molar-refractivity contribution in [1.29, 1.82) is 0 Å². The minimum Gasteiger partial charge on any atom is -0.465 e. The molecule has 0 radical (unpaired) electrons. The average molecular weight is 312 g/mol. The maximum absolute atomic E-state index is 11.7. The van der Waals surface area contributed by atoms with E-state index in [-0.39, 0.29) is 11.2 Å². The summed E-state index contributed by atoms with van der Waals surface area (Å²) in [5.74, 6) is 0.964. The molecular formula is C16H12N2O3S. The first-order chi connectivity index (χ1) is 10.8. The van der Waals surface area contributed by atoms with E-state index in [1.807, 2.05) is 30.3 Å². The Morgan fingerprint density at radius 3 is 2.82 bits per heavy atom. The fourth-order valence-corrected chi connectivity index (χ4v) is 3.46. The van der Waals surface area contributed by atoms with Gasteiger partial charge < -0.3 is 9.15 Å². The lowest BCUT2D eigenvalue weighted by molar-refractivity contribution is -0.137. The molecule has 110 valence electrons. The number of para-hydroxylation sites is 1. The molecule has 1 atom stereocenters. The third-order valence-corrected chi connectivity index (χ3v) is 4.70. The monoisotopic (exact) mass is 312 g/mol. The van der Waals surface area contributed by atoms with Gasteiger partial charge in [-0.2, -0.15) is 0 Å². The van der Waals surface area contributed by atoms with Crippen molar-refractivity contribution in [3.8, 4) is 11.6 Å². The second-order valence-corrected chi connectivity index (χ2v) is 6.10. The number of aromatic nitrogens is 2. The van der Waals surface area contributed by atoms with Gasteiger partial charge in [-0.1, -0.05) is 30.0 Å². The van der Waals surface area contributed by atoms with Crippen LogP contribution in [-0.2, 0) is 9.53 Å². The summed E-state index contributed by atoms with van der Waals surface area (Å²) in [6, 6.07) is 11.4. The Hall–Kier alpha value is -2.34. The molecule has 6 heteroatoms. The number of carbonyl (C=O) groups is 1. The first kappa shape index (κ1) is 13.3. The molecule has 0 spiro atoms. The van der Waals surface area contributed by atoms with Crippen LogP contribution in [0.2, 0.25) is 0 Å². The van der Waals surface area contributed by atoms with E-state index in [1.165, 1.54) is 11.8 Å². The average Bonchev–Trinajstić information content (AvgIpc) is 3.20. The van der Waals surface area contributed by atoms with Crippen LogP contribution in [0.1, 0.15) is 6.42 Å². The summed E-state index contributed by atoms with van der Waals surface area (Å²) in [5, 5.41) is 1.51. The van der Waals surface area contributed by atoms with E-state index >= 15 is 0 Å². The summed E-state index contributed by atoms with van der Waals surface area (Å²) in [6.45, 7) is 0.477. The van der Waals surface area contributed by atoms with Gasteiger partial charge in [-0.25, -0.2) is 9.97 Å². The van der Waals surface area contributed by atoms with Gasteiger partial charge >= 0.3 is 5.97 Å². The molecule has 3 heterocycles. The Labute approximate surface area is 130 Å². The van der Waals surface area contributed by atoms with Crippen molar-refractivity contribution in [2.24, 2.45) is 0 Å². The topological polar surface area (TPSA) is 65.2 Å². The molecule has 0 amide bonds. The predicted octanol–water partition coefficient (Wildman–Crippen LogP) is 3.30. The number of furan rings is 1. The van der Waals surface area contributed by atoms with Crippen molar-refractivity contribution >= 4 is 28.6 Å². The number of esters is 1.